The molecule has 3 heteroatoms. The molecule has 0 N–H and O–H groups in total. The van der Waals surface area contributed by atoms with E-state index >= 15 is 0 Å². The highest BCUT2D eigenvalue weighted by atomic mass is 19.1. The summed E-state index contributed by atoms with van der Waals surface area (Å²) in [5.41, 5.74) is -0.0388. The molecule has 13 heavy (non-hydrogen) atoms. The van der Waals surface area contributed by atoms with E-state index in [9.17, 15) is 4.39 Å². The average molecular weight is 189 g/mol. The Kier molecular flexibility index (Phi) is 3.68. The van der Waals surface area contributed by atoms with Crippen LogP contribution in [0, 0.1) is 0 Å². The fraction of sp³-hybridized carbons (Fsp3) is 1.00. The van der Waals surface area contributed by atoms with Crippen molar-refractivity contribution in [1.82, 2.24) is 4.90 Å². The predicted octanol–water partition coefficient (Wildman–Crippen LogP) is 1.85. The average Bonchev–Trinajstić information content (AvgIpc) is 2.43. The van der Waals surface area contributed by atoms with Crippen LogP contribution in [0.4, 0.5) is 4.39 Å². The highest BCUT2D eigenvalue weighted by Crippen LogP contribution is 2.33. The Balaban J connectivity index is 2.70. The molecule has 0 radical (unpaired) electrons. The lowest BCUT2D eigenvalue weighted by molar-refractivity contribution is 0.0379. The van der Waals surface area contributed by atoms with Crippen molar-refractivity contribution in [2.24, 2.45) is 0 Å². The maximum Gasteiger partial charge on any atom is 0.115 e. The maximum atomic E-state index is 13.3. The Morgan fingerprint density at radius 3 is 2.69 bits per heavy atom. The van der Waals surface area contributed by atoms with Crippen LogP contribution in [0.25, 0.3) is 0 Å². The van der Waals surface area contributed by atoms with Crippen LogP contribution >= 0.6 is 0 Å². The minimum Gasteiger partial charge on any atom is -0.383 e. The first-order valence-corrected chi connectivity index (χ1v) is 5.06. The summed E-state index contributed by atoms with van der Waals surface area (Å²) >= 11 is 0. The summed E-state index contributed by atoms with van der Waals surface area (Å²) in [7, 11) is 1.69. The molecule has 0 bridgehead atoms. The number of ether oxygens (including phenoxy) is 1. The van der Waals surface area contributed by atoms with E-state index in [-0.39, 0.29) is 5.54 Å². The van der Waals surface area contributed by atoms with E-state index in [0.29, 0.717) is 19.6 Å². The van der Waals surface area contributed by atoms with Gasteiger partial charge in [0.25, 0.3) is 0 Å². The first-order chi connectivity index (χ1) is 6.18. The van der Waals surface area contributed by atoms with E-state index in [4.69, 9.17) is 4.74 Å². The van der Waals surface area contributed by atoms with Crippen LogP contribution in [0.15, 0.2) is 0 Å². The van der Waals surface area contributed by atoms with Crippen LogP contribution in [0.3, 0.4) is 0 Å². The molecule has 1 aliphatic rings. The lowest BCUT2D eigenvalue weighted by Crippen LogP contribution is -2.46. The summed E-state index contributed by atoms with van der Waals surface area (Å²) in [6, 6.07) is 0. The first kappa shape index (κ1) is 10.9. The molecule has 0 amide bonds. The lowest BCUT2D eigenvalue weighted by atomic mass is 9.93. The normalized spacial score (nSPS) is 35.5. The number of alkyl halides is 1. The van der Waals surface area contributed by atoms with Crippen LogP contribution < -0.4 is 0 Å². The van der Waals surface area contributed by atoms with Gasteiger partial charge in [-0.15, -0.1) is 0 Å². The van der Waals surface area contributed by atoms with Crippen molar-refractivity contribution >= 4 is 0 Å². The molecule has 2 nitrogen and oxygen atoms in total. The van der Waals surface area contributed by atoms with Gasteiger partial charge >= 0.3 is 0 Å². The van der Waals surface area contributed by atoms with Gasteiger partial charge in [-0.3, -0.25) is 4.90 Å². The summed E-state index contributed by atoms with van der Waals surface area (Å²) in [5, 5.41) is 0. The van der Waals surface area contributed by atoms with E-state index in [1.807, 2.05) is 0 Å². The zero-order valence-electron chi connectivity index (χ0n) is 8.85. The predicted molar refractivity (Wildman–Crippen MR) is 51.7 cm³/mol. The number of likely N-dealkylation sites (tertiary alicyclic amines) is 1. The Bertz CT molecular complexity index is 165. The second kappa shape index (κ2) is 4.38. The maximum absolute atomic E-state index is 13.3. The summed E-state index contributed by atoms with van der Waals surface area (Å²) in [5.74, 6) is 0. The van der Waals surface area contributed by atoms with Gasteiger partial charge < -0.3 is 4.74 Å². The van der Waals surface area contributed by atoms with Crippen molar-refractivity contribution in [3.63, 3.8) is 0 Å². The molecule has 0 saturated carbocycles. The SMILES string of the molecule is CCN1CC(F)CC1(CC)COC. The van der Waals surface area contributed by atoms with E-state index in [2.05, 4.69) is 18.7 Å². The van der Waals surface area contributed by atoms with Gasteiger partial charge in [-0.1, -0.05) is 13.8 Å². The number of hydrogen-bond acceptors (Lipinski definition) is 2. The second-order valence-electron chi connectivity index (χ2n) is 3.85. The molecular weight excluding hydrogens is 169 g/mol. The van der Waals surface area contributed by atoms with E-state index in [1.54, 1.807) is 7.11 Å². The molecule has 1 aliphatic heterocycles. The Labute approximate surface area is 80.1 Å². The fourth-order valence-corrected chi connectivity index (χ4v) is 2.39. The van der Waals surface area contributed by atoms with Gasteiger partial charge in [-0.25, -0.2) is 4.39 Å². The van der Waals surface area contributed by atoms with Gasteiger partial charge in [0.15, 0.2) is 0 Å². The van der Waals surface area contributed by atoms with Gasteiger partial charge in [0.1, 0.15) is 6.17 Å². The lowest BCUT2D eigenvalue weighted by Gasteiger charge is -2.36. The molecule has 0 spiro atoms. The van der Waals surface area contributed by atoms with E-state index in [1.165, 1.54) is 0 Å². The van der Waals surface area contributed by atoms with Gasteiger partial charge in [0, 0.05) is 25.6 Å². The highest BCUT2D eigenvalue weighted by Gasteiger charge is 2.43. The highest BCUT2D eigenvalue weighted by molar-refractivity contribution is 4.98. The minimum absolute atomic E-state index is 0.0388. The molecule has 0 aromatic carbocycles. The second-order valence-corrected chi connectivity index (χ2v) is 3.85. The van der Waals surface area contributed by atoms with Crippen molar-refractivity contribution in [2.75, 3.05) is 26.8 Å². The van der Waals surface area contributed by atoms with Crippen molar-refractivity contribution < 1.29 is 9.13 Å². The summed E-state index contributed by atoms with van der Waals surface area (Å²) in [6.45, 7) is 6.33. The summed E-state index contributed by atoms with van der Waals surface area (Å²) in [4.78, 5) is 2.21. The minimum atomic E-state index is -0.671. The van der Waals surface area contributed by atoms with Gasteiger partial charge in [0.2, 0.25) is 0 Å². The van der Waals surface area contributed by atoms with Gasteiger partial charge in [0.05, 0.1) is 6.61 Å². The summed E-state index contributed by atoms with van der Waals surface area (Å²) < 4.78 is 18.5. The smallest absolute Gasteiger partial charge is 0.115 e. The molecular formula is C10H20FNO. The molecule has 2 unspecified atom stereocenters. The van der Waals surface area contributed by atoms with Crippen LogP contribution in [0.5, 0.6) is 0 Å². The number of nitrogens with zero attached hydrogens (tertiary/aromatic N) is 1. The van der Waals surface area contributed by atoms with Crippen LogP contribution in [-0.2, 0) is 4.74 Å². The van der Waals surface area contributed by atoms with Crippen molar-refractivity contribution in [3.05, 3.63) is 0 Å². The quantitative estimate of drug-likeness (QED) is 0.669. The van der Waals surface area contributed by atoms with Crippen molar-refractivity contribution in [2.45, 2.75) is 38.4 Å². The summed E-state index contributed by atoms with van der Waals surface area (Å²) in [6.07, 6.45) is 0.926. The van der Waals surface area contributed by atoms with Crippen LogP contribution in [0.2, 0.25) is 0 Å². The molecule has 78 valence electrons. The Morgan fingerprint density at radius 2 is 2.23 bits per heavy atom. The van der Waals surface area contributed by atoms with Gasteiger partial charge in [-0.2, -0.15) is 0 Å². The topological polar surface area (TPSA) is 12.5 Å². The standard InChI is InChI=1S/C10H20FNO/c1-4-10(8-13-3)6-9(11)7-12(10)5-2/h9H,4-8H2,1-3H3. The van der Waals surface area contributed by atoms with Crippen LogP contribution in [-0.4, -0.2) is 43.4 Å². The third-order valence-electron chi connectivity index (χ3n) is 3.14. The zero-order chi connectivity index (χ0) is 9.90. The number of likely N-dealkylation sites (N-methyl/N-ethyl adjacent to an activating group) is 1. The molecule has 1 fully saturated rings. The molecule has 1 heterocycles. The van der Waals surface area contributed by atoms with E-state index < -0.39 is 6.17 Å². The molecule has 2 atom stereocenters. The zero-order valence-corrected chi connectivity index (χ0v) is 8.85. The largest absolute Gasteiger partial charge is 0.383 e. The van der Waals surface area contributed by atoms with Crippen LogP contribution in [0.1, 0.15) is 26.7 Å². The number of methoxy groups -OCH3 is 1. The number of hydrogen-bond donors (Lipinski definition) is 0. The molecule has 1 rings (SSSR count). The Hall–Kier alpha value is -0.150. The number of rotatable bonds is 4. The fourth-order valence-electron chi connectivity index (χ4n) is 2.39. The van der Waals surface area contributed by atoms with Crippen molar-refractivity contribution in [3.8, 4) is 0 Å². The first-order valence-electron chi connectivity index (χ1n) is 5.06. The third kappa shape index (κ3) is 2.02. The third-order valence-corrected chi connectivity index (χ3v) is 3.14. The molecule has 0 aromatic heterocycles. The Morgan fingerprint density at radius 1 is 1.54 bits per heavy atom. The van der Waals surface area contributed by atoms with Gasteiger partial charge in [-0.05, 0) is 13.0 Å². The molecule has 1 saturated heterocycles. The molecule has 0 aromatic rings. The monoisotopic (exact) mass is 189 g/mol. The number of halogens is 1. The molecule has 0 aliphatic carbocycles. The van der Waals surface area contributed by atoms with Crippen molar-refractivity contribution in [1.29, 1.82) is 0 Å². The van der Waals surface area contributed by atoms with E-state index in [0.717, 1.165) is 13.0 Å².